The van der Waals surface area contributed by atoms with Crippen molar-refractivity contribution in [1.82, 2.24) is 29.8 Å². The molecule has 2 N–H and O–H groups in total. The van der Waals surface area contributed by atoms with Crippen molar-refractivity contribution in [2.75, 3.05) is 44.0 Å². The van der Waals surface area contributed by atoms with Gasteiger partial charge in [0.1, 0.15) is 6.10 Å². The van der Waals surface area contributed by atoms with E-state index in [2.05, 4.69) is 24.8 Å². The first-order valence-corrected chi connectivity index (χ1v) is 11.2. The van der Waals surface area contributed by atoms with Crippen LogP contribution in [0.4, 0.5) is 11.9 Å². The number of nitrogens with two attached hydrogens (primary N) is 1. The third-order valence-electron chi connectivity index (χ3n) is 6.09. The zero-order chi connectivity index (χ0) is 23.5. The minimum atomic E-state index is -0.0443. The van der Waals surface area contributed by atoms with Crippen LogP contribution in [0, 0.1) is 0 Å². The van der Waals surface area contributed by atoms with Gasteiger partial charge >= 0.3 is 0 Å². The lowest BCUT2D eigenvalue weighted by Gasteiger charge is -2.40. The summed E-state index contributed by atoms with van der Waals surface area (Å²) in [6.45, 7) is 2.65. The predicted octanol–water partition coefficient (Wildman–Crippen LogP) is 1.43. The van der Waals surface area contributed by atoms with Crippen molar-refractivity contribution in [2.24, 2.45) is 0 Å². The molecule has 1 saturated heterocycles. The van der Waals surface area contributed by atoms with E-state index in [0.717, 1.165) is 18.4 Å². The number of aromatic nitrogens is 5. The standard InChI is InChI=1S/C23H26N8O3/c1-30(21(32)15-3-2-4-25-12-15)17-9-18(10-17)34-20-11-19(16-13-26-22(24)27-14-16)28-23(29-20)31-5-7-33-8-6-31/h2-4,11-14,17-18H,5-10H2,1H3,(H2,24,26,27). The van der Waals surface area contributed by atoms with Gasteiger partial charge in [-0.1, -0.05) is 0 Å². The smallest absolute Gasteiger partial charge is 0.255 e. The van der Waals surface area contributed by atoms with Crippen LogP contribution in [0.15, 0.2) is 43.0 Å². The molecule has 2 aliphatic rings. The first-order valence-electron chi connectivity index (χ1n) is 11.2. The average molecular weight is 463 g/mol. The Morgan fingerprint density at radius 1 is 1.18 bits per heavy atom. The molecule has 0 radical (unpaired) electrons. The van der Waals surface area contributed by atoms with E-state index in [9.17, 15) is 4.79 Å². The van der Waals surface area contributed by atoms with Gasteiger partial charge < -0.3 is 25.0 Å². The number of carbonyl (C=O) groups excluding carboxylic acids is 1. The lowest BCUT2D eigenvalue weighted by molar-refractivity contribution is 0.0236. The maximum atomic E-state index is 12.7. The van der Waals surface area contributed by atoms with Crippen LogP contribution in [-0.2, 0) is 4.74 Å². The van der Waals surface area contributed by atoms with E-state index >= 15 is 0 Å². The molecule has 0 bridgehead atoms. The van der Waals surface area contributed by atoms with Crippen LogP contribution in [0.2, 0.25) is 0 Å². The summed E-state index contributed by atoms with van der Waals surface area (Å²) in [5.41, 5.74) is 7.60. The Labute approximate surface area is 197 Å². The summed E-state index contributed by atoms with van der Waals surface area (Å²) in [6.07, 6.45) is 7.91. The van der Waals surface area contributed by atoms with Gasteiger partial charge in [0.05, 0.1) is 24.5 Å². The van der Waals surface area contributed by atoms with Crippen molar-refractivity contribution in [3.63, 3.8) is 0 Å². The fourth-order valence-electron chi connectivity index (χ4n) is 3.98. The summed E-state index contributed by atoms with van der Waals surface area (Å²) in [4.78, 5) is 38.1. The number of amides is 1. The molecule has 1 saturated carbocycles. The first kappa shape index (κ1) is 22.0. The van der Waals surface area contributed by atoms with E-state index in [0.29, 0.717) is 49.4 Å². The zero-order valence-corrected chi connectivity index (χ0v) is 18.9. The summed E-state index contributed by atoms with van der Waals surface area (Å²) < 4.78 is 11.7. The lowest BCUT2D eigenvalue weighted by atomic mass is 9.87. The van der Waals surface area contributed by atoms with Crippen LogP contribution in [0.25, 0.3) is 11.3 Å². The Bertz CT molecular complexity index is 1130. The van der Waals surface area contributed by atoms with Gasteiger partial charge in [0.2, 0.25) is 17.8 Å². The molecule has 0 spiro atoms. The van der Waals surface area contributed by atoms with E-state index in [-0.39, 0.29) is 24.0 Å². The number of rotatable bonds is 6. The number of hydrogen-bond donors (Lipinski definition) is 1. The highest BCUT2D eigenvalue weighted by atomic mass is 16.5. The second kappa shape index (κ2) is 9.56. The highest BCUT2D eigenvalue weighted by Crippen LogP contribution is 2.31. The van der Waals surface area contributed by atoms with Crippen molar-refractivity contribution in [2.45, 2.75) is 25.0 Å². The number of ether oxygens (including phenoxy) is 2. The summed E-state index contributed by atoms with van der Waals surface area (Å²) >= 11 is 0. The molecule has 4 heterocycles. The van der Waals surface area contributed by atoms with Crippen molar-refractivity contribution in [3.05, 3.63) is 48.5 Å². The molecule has 1 aliphatic carbocycles. The van der Waals surface area contributed by atoms with Gasteiger partial charge in [-0.05, 0) is 12.1 Å². The molecule has 5 rings (SSSR count). The van der Waals surface area contributed by atoms with Crippen LogP contribution >= 0.6 is 0 Å². The van der Waals surface area contributed by atoms with Crippen molar-refractivity contribution in [1.29, 1.82) is 0 Å². The molecule has 0 atom stereocenters. The fraction of sp³-hybridized carbons (Fsp3) is 0.391. The van der Waals surface area contributed by atoms with Gasteiger partial charge in [-0.15, -0.1) is 0 Å². The molecule has 3 aromatic heterocycles. The number of carbonyl (C=O) groups is 1. The van der Waals surface area contributed by atoms with Gasteiger partial charge in [0, 0.05) is 75.4 Å². The normalized spacial score (nSPS) is 19.9. The summed E-state index contributed by atoms with van der Waals surface area (Å²) in [5.74, 6) is 1.22. The molecule has 176 valence electrons. The quantitative estimate of drug-likeness (QED) is 0.573. The maximum absolute atomic E-state index is 12.7. The Kier molecular flexibility index (Phi) is 6.17. The highest BCUT2D eigenvalue weighted by molar-refractivity contribution is 5.94. The van der Waals surface area contributed by atoms with Crippen LogP contribution in [-0.4, -0.2) is 81.2 Å². The average Bonchev–Trinajstić information content (AvgIpc) is 2.86. The maximum Gasteiger partial charge on any atom is 0.255 e. The molecule has 1 amide bonds. The van der Waals surface area contributed by atoms with Crippen molar-refractivity contribution >= 4 is 17.8 Å². The summed E-state index contributed by atoms with van der Waals surface area (Å²) in [5, 5.41) is 0. The second-order valence-corrected chi connectivity index (χ2v) is 8.34. The number of pyridine rings is 1. The molecule has 3 aromatic rings. The van der Waals surface area contributed by atoms with E-state index in [1.165, 1.54) is 0 Å². The number of nitrogens with zero attached hydrogens (tertiary/aromatic N) is 7. The SMILES string of the molecule is CN(C(=O)c1cccnc1)C1CC(Oc2cc(-c3cnc(N)nc3)nc(N3CCOCC3)n2)C1. The molecule has 2 fully saturated rings. The third-order valence-corrected chi connectivity index (χ3v) is 6.09. The first-order chi connectivity index (χ1) is 16.6. The van der Waals surface area contributed by atoms with E-state index in [4.69, 9.17) is 20.2 Å². The fourth-order valence-corrected chi connectivity index (χ4v) is 3.98. The van der Waals surface area contributed by atoms with E-state index in [1.807, 2.05) is 7.05 Å². The van der Waals surface area contributed by atoms with Gasteiger partial charge in [0.15, 0.2) is 0 Å². The van der Waals surface area contributed by atoms with Gasteiger partial charge in [-0.3, -0.25) is 9.78 Å². The Morgan fingerprint density at radius 2 is 1.94 bits per heavy atom. The molecule has 1 aliphatic heterocycles. The summed E-state index contributed by atoms with van der Waals surface area (Å²) in [6, 6.07) is 5.42. The third kappa shape index (κ3) is 4.74. The second-order valence-electron chi connectivity index (χ2n) is 8.34. The minimum Gasteiger partial charge on any atom is -0.474 e. The zero-order valence-electron chi connectivity index (χ0n) is 18.9. The summed E-state index contributed by atoms with van der Waals surface area (Å²) in [7, 11) is 1.82. The molecule has 34 heavy (non-hydrogen) atoms. The number of nitrogen functional groups attached to an aromatic ring is 1. The monoisotopic (exact) mass is 462 g/mol. The van der Waals surface area contributed by atoms with Crippen molar-refractivity contribution in [3.8, 4) is 17.1 Å². The molecule has 11 heteroatoms. The van der Waals surface area contributed by atoms with Crippen LogP contribution in [0.3, 0.4) is 0 Å². The Balaban J connectivity index is 1.30. The van der Waals surface area contributed by atoms with Gasteiger partial charge in [-0.25, -0.2) is 15.0 Å². The molecule has 0 unspecified atom stereocenters. The molecule has 0 aromatic carbocycles. The topological polar surface area (TPSA) is 132 Å². The largest absolute Gasteiger partial charge is 0.474 e. The Hall–Kier alpha value is -3.86. The predicted molar refractivity (Wildman–Crippen MR) is 124 cm³/mol. The number of anilines is 2. The number of morpholine rings is 1. The molecular weight excluding hydrogens is 436 g/mol. The van der Waals surface area contributed by atoms with Crippen LogP contribution in [0.1, 0.15) is 23.2 Å². The Morgan fingerprint density at radius 3 is 2.65 bits per heavy atom. The van der Waals surface area contributed by atoms with Gasteiger partial charge in [0.25, 0.3) is 5.91 Å². The van der Waals surface area contributed by atoms with E-state index < -0.39 is 0 Å². The lowest BCUT2D eigenvalue weighted by Crippen LogP contribution is -2.50. The van der Waals surface area contributed by atoms with E-state index in [1.54, 1.807) is 47.9 Å². The molecular formula is C23H26N8O3. The van der Waals surface area contributed by atoms with Crippen molar-refractivity contribution < 1.29 is 14.3 Å². The molecule has 11 nitrogen and oxygen atoms in total. The van der Waals surface area contributed by atoms with Gasteiger partial charge in [-0.2, -0.15) is 4.98 Å². The highest BCUT2D eigenvalue weighted by Gasteiger charge is 2.36. The van der Waals surface area contributed by atoms with Crippen LogP contribution in [0.5, 0.6) is 5.88 Å². The minimum absolute atomic E-state index is 0.0428. The van der Waals surface area contributed by atoms with Crippen LogP contribution < -0.4 is 15.4 Å². The number of hydrogen-bond acceptors (Lipinski definition) is 10.